The van der Waals surface area contributed by atoms with E-state index >= 15 is 0 Å². The van der Waals surface area contributed by atoms with Crippen molar-refractivity contribution in [2.24, 2.45) is 0 Å². The number of ketones is 1. The number of carbonyl (C=O) groups excluding carboxylic acids is 2. The standard InChI is InChI=1S/C13H9FN2O2S/c1-7-15-5-9(19-7)6-16-11-3-2-8(14)4-10(11)12(17)13(16)18/h2-5H,6H2,1H3. The largest absolute Gasteiger partial charge is 0.299 e. The molecule has 0 saturated heterocycles. The maximum absolute atomic E-state index is 13.1. The Morgan fingerprint density at radius 3 is 2.84 bits per heavy atom. The molecular formula is C13H9FN2O2S. The Labute approximate surface area is 112 Å². The van der Waals surface area contributed by atoms with Gasteiger partial charge in [-0.3, -0.25) is 14.5 Å². The van der Waals surface area contributed by atoms with Crippen molar-refractivity contribution in [3.8, 4) is 0 Å². The zero-order chi connectivity index (χ0) is 13.6. The summed E-state index contributed by atoms with van der Waals surface area (Å²) in [5.74, 6) is -1.79. The molecule has 2 heterocycles. The Kier molecular flexibility index (Phi) is 2.67. The molecule has 0 fully saturated rings. The average Bonchev–Trinajstić information content (AvgIpc) is 2.88. The van der Waals surface area contributed by atoms with Crippen LogP contribution in [0.5, 0.6) is 0 Å². The van der Waals surface area contributed by atoms with E-state index in [9.17, 15) is 14.0 Å². The number of thiazole rings is 1. The highest BCUT2D eigenvalue weighted by molar-refractivity contribution is 7.11. The van der Waals surface area contributed by atoms with Crippen LogP contribution in [0.2, 0.25) is 0 Å². The maximum Gasteiger partial charge on any atom is 0.299 e. The number of anilines is 1. The lowest BCUT2D eigenvalue weighted by Crippen LogP contribution is -2.28. The predicted molar refractivity (Wildman–Crippen MR) is 68.8 cm³/mol. The summed E-state index contributed by atoms with van der Waals surface area (Å²) in [6, 6.07) is 3.81. The van der Waals surface area contributed by atoms with Crippen molar-refractivity contribution in [2.75, 3.05) is 4.90 Å². The van der Waals surface area contributed by atoms with Crippen LogP contribution in [0.4, 0.5) is 10.1 Å². The van der Waals surface area contributed by atoms with Gasteiger partial charge in [0.1, 0.15) is 5.82 Å². The fraction of sp³-hybridized carbons (Fsp3) is 0.154. The Hall–Kier alpha value is -2.08. The van der Waals surface area contributed by atoms with E-state index in [1.54, 1.807) is 6.20 Å². The number of benzene rings is 1. The maximum atomic E-state index is 13.1. The lowest BCUT2D eigenvalue weighted by Gasteiger charge is -2.14. The second-order valence-electron chi connectivity index (χ2n) is 4.23. The third-order valence-electron chi connectivity index (χ3n) is 2.92. The molecule has 0 unspecified atom stereocenters. The number of amides is 1. The second-order valence-corrected chi connectivity index (χ2v) is 5.55. The fourth-order valence-corrected chi connectivity index (χ4v) is 2.85. The number of aryl methyl sites for hydroxylation is 1. The third kappa shape index (κ3) is 1.94. The quantitative estimate of drug-likeness (QED) is 0.791. The molecule has 0 radical (unpaired) electrons. The summed E-state index contributed by atoms with van der Waals surface area (Å²) in [5.41, 5.74) is 0.591. The van der Waals surface area contributed by atoms with Gasteiger partial charge in [-0.05, 0) is 25.1 Å². The van der Waals surface area contributed by atoms with E-state index < -0.39 is 17.5 Å². The summed E-state index contributed by atoms with van der Waals surface area (Å²) in [6.45, 7) is 2.16. The van der Waals surface area contributed by atoms with E-state index in [2.05, 4.69) is 4.98 Å². The number of halogens is 1. The Morgan fingerprint density at radius 2 is 2.16 bits per heavy atom. The number of aromatic nitrogens is 1. The van der Waals surface area contributed by atoms with Gasteiger partial charge in [0.05, 0.1) is 22.8 Å². The van der Waals surface area contributed by atoms with Crippen molar-refractivity contribution in [1.82, 2.24) is 4.98 Å². The number of Topliss-reactive ketones (excluding diaryl/α,β-unsaturated/α-hetero) is 1. The molecule has 6 heteroatoms. The van der Waals surface area contributed by atoms with Crippen molar-refractivity contribution in [2.45, 2.75) is 13.5 Å². The number of hydrogen-bond acceptors (Lipinski definition) is 4. The monoisotopic (exact) mass is 276 g/mol. The summed E-state index contributed by atoms with van der Waals surface area (Å²) < 4.78 is 13.1. The van der Waals surface area contributed by atoms with Crippen LogP contribution in [0.15, 0.2) is 24.4 Å². The van der Waals surface area contributed by atoms with Gasteiger partial charge >= 0.3 is 0 Å². The topological polar surface area (TPSA) is 50.3 Å². The molecule has 0 N–H and O–H groups in total. The molecule has 1 amide bonds. The zero-order valence-electron chi connectivity index (χ0n) is 10.0. The van der Waals surface area contributed by atoms with Crippen LogP contribution >= 0.6 is 11.3 Å². The summed E-state index contributed by atoms with van der Waals surface area (Å²) in [5, 5.41) is 0.896. The number of fused-ring (bicyclic) bond motifs is 1. The molecule has 1 aromatic carbocycles. The first-order valence-electron chi connectivity index (χ1n) is 5.63. The molecular weight excluding hydrogens is 267 g/mol. The average molecular weight is 276 g/mol. The van der Waals surface area contributed by atoms with Crippen molar-refractivity contribution in [3.63, 3.8) is 0 Å². The van der Waals surface area contributed by atoms with Gasteiger partial charge in [-0.25, -0.2) is 9.37 Å². The van der Waals surface area contributed by atoms with E-state index in [4.69, 9.17) is 0 Å². The van der Waals surface area contributed by atoms with Crippen molar-refractivity contribution in [1.29, 1.82) is 0 Å². The van der Waals surface area contributed by atoms with Crippen LogP contribution in [-0.4, -0.2) is 16.7 Å². The van der Waals surface area contributed by atoms with Gasteiger partial charge in [-0.2, -0.15) is 0 Å². The van der Waals surface area contributed by atoms with Crippen LogP contribution in [0, 0.1) is 12.7 Å². The van der Waals surface area contributed by atoms with Gasteiger partial charge in [0.25, 0.3) is 11.7 Å². The molecule has 4 nitrogen and oxygen atoms in total. The molecule has 1 aliphatic rings. The molecule has 96 valence electrons. The van der Waals surface area contributed by atoms with E-state index in [0.29, 0.717) is 5.69 Å². The third-order valence-corrected chi connectivity index (χ3v) is 3.81. The normalized spacial score (nSPS) is 14.1. The van der Waals surface area contributed by atoms with Crippen LogP contribution in [0.25, 0.3) is 0 Å². The summed E-state index contributed by atoms with van der Waals surface area (Å²) in [4.78, 5) is 30.1. The SMILES string of the molecule is Cc1ncc(CN2C(=O)C(=O)c3cc(F)ccc32)s1. The van der Waals surface area contributed by atoms with E-state index in [1.807, 2.05) is 6.92 Å². The van der Waals surface area contributed by atoms with E-state index in [1.165, 1.54) is 28.4 Å². The highest BCUT2D eigenvalue weighted by Gasteiger charge is 2.36. The molecule has 19 heavy (non-hydrogen) atoms. The highest BCUT2D eigenvalue weighted by Crippen LogP contribution is 2.31. The number of carbonyl (C=O) groups is 2. The molecule has 0 spiro atoms. The fourth-order valence-electron chi connectivity index (χ4n) is 2.06. The molecule has 0 aliphatic carbocycles. The summed E-state index contributed by atoms with van der Waals surface area (Å²) in [6.07, 6.45) is 1.68. The first kappa shape index (κ1) is 12.0. The smallest absolute Gasteiger partial charge is 0.299 e. The lowest BCUT2D eigenvalue weighted by atomic mass is 10.1. The summed E-state index contributed by atoms with van der Waals surface area (Å²) >= 11 is 1.47. The van der Waals surface area contributed by atoms with Crippen LogP contribution in [0.3, 0.4) is 0 Å². The van der Waals surface area contributed by atoms with Gasteiger partial charge in [-0.15, -0.1) is 11.3 Å². The number of hydrogen-bond donors (Lipinski definition) is 0. The number of rotatable bonds is 2. The zero-order valence-corrected chi connectivity index (χ0v) is 10.8. The lowest BCUT2D eigenvalue weighted by molar-refractivity contribution is -0.114. The highest BCUT2D eigenvalue weighted by atomic mass is 32.1. The first-order chi connectivity index (χ1) is 9.06. The number of nitrogens with zero attached hydrogens (tertiary/aromatic N) is 2. The molecule has 2 aromatic rings. The predicted octanol–water partition coefficient (Wildman–Crippen LogP) is 2.32. The van der Waals surface area contributed by atoms with Crippen molar-refractivity contribution < 1.29 is 14.0 Å². The first-order valence-corrected chi connectivity index (χ1v) is 6.45. The minimum atomic E-state index is -0.657. The van der Waals surface area contributed by atoms with Crippen molar-refractivity contribution in [3.05, 3.63) is 45.7 Å². The van der Waals surface area contributed by atoms with Gasteiger partial charge in [0, 0.05) is 11.1 Å². The van der Waals surface area contributed by atoms with Gasteiger partial charge in [0.2, 0.25) is 0 Å². The Bertz CT molecular complexity index is 696. The Balaban J connectivity index is 1.99. The molecule has 0 saturated carbocycles. The van der Waals surface area contributed by atoms with Gasteiger partial charge in [0.15, 0.2) is 0 Å². The molecule has 1 aliphatic heterocycles. The van der Waals surface area contributed by atoms with Crippen molar-refractivity contribution >= 4 is 28.7 Å². The van der Waals surface area contributed by atoms with Gasteiger partial charge < -0.3 is 0 Å². The van der Waals surface area contributed by atoms with Crippen LogP contribution in [-0.2, 0) is 11.3 Å². The molecule has 0 bridgehead atoms. The molecule has 0 atom stereocenters. The van der Waals surface area contributed by atoms with Gasteiger partial charge in [-0.1, -0.05) is 0 Å². The molecule has 3 rings (SSSR count). The minimum absolute atomic E-state index is 0.131. The Morgan fingerprint density at radius 1 is 1.37 bits per heavy atom. The molecule has 1 aromatic heterocycles. The minimum Gasteiger partial charge on any atom is -0.299 e. The van der Waals surface area contributed by atoms with Crippen LogP contribution in [0.1, 0.15) is 20.2 Å². The van der Waals surface area contributed by atoms with Crippen LogP contribution < -0.4 is 4.90 Å². The second kappa shape index (κ2) is 4.24. The van der Waals surface area contributed by atoms with E-state index in [-0.39, 0.29) is 12.1 Å². The van der Waals surface area contributed by atoms with E-state index in [0.717, 1.165) is 16.0 Å². The summed E-state index contributed by atoms with van der Waals surface area (Å²) in [7, 11) is 0.